The summed E-state index contributed by atoms with van der Waals surface area (Å²) in [4.78, 5) is 11.3. The number of para-hydroxylation sites is 1. The minimum absolute atomic E-state index is 0.0674. The summed E-state index contributed by atoms with van der Waals surface area (Å²) in [6.07, 6.45) is 2.51. The molecule has 4 heteroatoms. The molecule has 0 spiro atoms. The molecule has 20 heavy (non-hydrogen) atoms. The highest BCUT2D eigenvalue weighted by atomic mass is 16.5. The van der Waals surface area contributed by atoms with Crippen LogP contribution in [0.5, 0.6) is 5.75 Å². The SMILES string of the molecule is CC(C)(Cc1ccccc1OC1CCCOC1)C(=O)O. The second kappa shape index (κ2) is 6.27. The fraction of sp³-hybridized carbons (Fsp3) is 0.562. The second-order valence-electron chi connectivity index (χ2n) is 5.93. The van der Waals surface area contributed by atoms with Gasteiger partial charge in [-0.2, -0.15) is 0 Å². The zero-order chi connectivity index (χ0) is 14.6. The molecule has 1 saturated heterocycles. The van der Waals surface area contributed by atoms with Gasteiger partial charge in [-0.3, -0.25) is 4.79 Å². The molecule has 0 radical (unpaired) electrons. The summed E-state index contributed by atoms with van der Waals surface area (Å²) in [5.74, 6) is -0.0226. The van der Waals surface area contributed by atoms with Crippen molar-refractivity contribution in [2.24, 2.45) is 5.41 Å². The van der Waals surface area contributed by atoms with Crippen LogP contribution in [-0.2, 0) is 16.0 Å². The van der Waals surface area contributed by atoms with E-state index in [2.05, 4.69) is 0 Å². The highest BCUT2D eigenvalue weighted by Gasteiger charge is 2.29. The molecule has 0 bridgehead atoms. The third-order valence-corrected chi connectivity index (χ3v) is 3.60. The largest absolute Gasteiger partial charge is 0.488 e. The monoisotopic (exact) mass is 278 g/mol. The molecule has 1 N–H and O–H groups in total. The predicted octanol–water partition coefficient (Wildman–Crippen LogP) is 2.90. The van der Waals surface area contributed by atoms with E-state index in [0.717, 1.165) is 30.8 Å². The molecule has 1 aromatic rings. The average molecular weight is 278 g/mol. The zero-order valence-electron chi connectivity index (χ0n) is 12.1. The van der Waals surface area contributed by atoms with Crippen LogP contribution in [-0.4, -0.2) is 30.4 Å². The Labute approximate surface area is 119 Å². The van der Waals surface area contributed by atoms with Crippen molar-refractivity contribution in [1.29, 1.82) is 0 Å². The second-order valence-corrected chi connectivity index (χ2v) is 5.93. The van der Waals surface area contributed by atoms with Gasteiger partial charge < -0.3 is 14.6 Å². The molecule has 1 unspecified atom stereocenters. The third kappa shape index (κ3) is 3.73. The summed E-state index contributed by atoms with van der Waals surface area (Å²) in [7, 11) is 0. The fourth-order valence-electron chi connectivity index (χ4n) is 2.30. The molecule has 0 aliphatic carbocycles. The lowest BCUT2D eigenvalue weighted by atomic mass is 9.85. The predicted molar refractivity (Wildman–Crippen MR) is 76.0 cm³/mol. The number of carboxylic acids is 1. The molecular formula is C16H22O4. The highest BCUT2D eigenvalue weighted by molar-refractivity contribution is 5.74. The lowest BCUT2D eigenvalue weighted by Gasteiger charge is -2.26. The van der Waals surface area contributed by atoms with Crippen molar-refractivity contribution < 1.29 is 19.4 Å². The lowest BCUT2D eigenvalue weighted by molar-refractivity contribution is -0.146. The van der Waals surface area contributed by atoms with E-state index in [0.29, 0.717) is 13.0 Å². The van der Waals surface area contributed by atoms with E-state index in [4.69, 9.17) is 9.47 Å². The maximum absolute atomic E-state index is 11.3. The lowest BCUT2D eigenvalue weighted by Crippen LogP contribution is -2.29. The van der Waals surface area contributed by atoms with Gasteiger partial charge in [-0.05, 0) is 44.7 Å². The van der Waals surface area contributed by atoms with Crippen molar-refractivity contribution in [3.05, 3.63) is 29.8 Å². The fourth-order valence-corrected chi connectivity index (χ4v) is 2.30. The van der Waals surface area contributed by atoms with Crippen molar-refractivity contribution >= 4 is 5.97 Å². The van der Waals surface area contributed by atoms with Crippen LogP contribution in [0.4, 0.5) is 0 Å². The first kappa shape index (κ1) is 14.9. The molecule has 110 valence electrons. The molecular weight excluding hydrogens is 256 g/mol. The smallest absolute Gasteiger partial charge is 0.309 e. The Hall–Kier alpha value is -1.55. The Balaban J connectivity index is 2.11. The van der Waals surface area contributed by atoms with Crippen LogP contribution < -0.4 is 4.74 Å². The Kier molecular flexibility index (Phi) is 4.65. The third-order valence-electron chi connectivity index (χ3n) is 3.60. The highest BCUT2D eigenvalue weighted by Crippen LogP contribution is 2.29. The van der Waals surface area contributed by atoms with E-state index in [-0.39, 0.29) is 6.10 Å². The van der Waals surface area contributed by atoms with Crippen molar-refractivity contribution in [2.45, 2.75) is 39.2 Å². The number of carboxylic acid groups (broad SMARTS) is 1. The van der Waals surface area contributed by atoms with Gasteiger partial charge in [0.1, 0.15) is 11.9 Å². The Morgan fingerprint density at radius 3 is 2.85 bits per heavy atom. The van der Waals surface area contributed by atoms with Gasteiger partial charge in [-0.1, -0.05) is 18.2 Å². The summed E-state index contributed by atoms with van der Waals surface area (Å²) in [5.41, 5.74) is 0.133. The van der Waals surface area contributed by atoms with Crippen LogP contribution in [0.15, 0.2) is 24.3 Å². The summed E-state index contributed by atoms with van der Waals surface area (Å²) >= 11 is 0. The topological polar surface area (TPSA) is 55.8 Å². The molecule has 1 aliphatic heterocycles. The summed E-state index contributed by atoms with van der Waals surface area (Å²) < 4.78 is 11.4. The van der Waals surface area contributed by atoms with Gasteiger partial charge in [0.25, 0.3) is 0 Å². The number of hydrogen-bond acceptors (Lipinski definition) is 3. The van der Waals surface area contributed by atoms with Gasteiger partial charge in [0.15, 0.2) is 0 Å². The standard InChI is InChI=1S/C16H22O4/c1-16(2,15(17)18)10-12-6-3-4-8-14(12)20-13-7-5-9-19-11-13/h3-4,6,8,13H,5,7,9-11H2,1-2H3,(H,17,18). The van der Waals surface area contributed by atoms with Crippen molar-refractivity contribution in [3.8, 4) is 5.75 Å². The number of carbonyl (C=O) groups is 1. The van der Waals surface area contributed by atoms with Crippen LogP contribution in [0, 0.1) is 5.41 Å². The molecule has 1 heterocycles. The maximum Gasteiger partial charge on any atom is 0.309 e. The van der Waals surface area contributed by atoms with Gasteiger partial charge in [-0.25, -0.2) is 0 Å². The molecule has 0 saturated carbocycles. The molecule has 1 atom stereocenters. The Morgan fingerprint density at radius 2 is 2.20 bits per heavy atom. The number of rotatable bonds is 5. The van der Waals surface area contributed by atoms with E-state index < -0.39 is 11.4 Å². The number of aliphatic carboxylic acids is 1. The minimum atomic E-state index is -0.803. The normalized spacial score (nSPS) is 19.6. The molecule has 2 rings (SSSR count). The Morgan fingerprint density at radius 1 is 1.45 bits per heavy atom. The molecule has 0 amide bonds. The number of benzene rings is 1. The molecule has 1 aliphatic rings. The molecule has 1 fully saturated rings. The van der Waals surface area contributed by atoms with Crippen LogP contribution in [0.2, 0.25) is 0 Å². The Bertz CT molecular complexity index is 461. The van der Waals surface area contributed by atoms with E-state index >= 15 is 0 Å². The number of ether oxygens (including phenoxy) is 2. The van der Waals surface area contributed by atoms with Gasteiger partial charge in [0, 0.05) is 6.61 Å². The number of hydrogen-bond donors (Lipinski definition) is 1. The van der Waals surface area contributed by atoms with Crippen molar-refractivity contribution in [3.63, 3.8) is 0 Å². The zero-order valence-corrected chi connectivity index (χ0v) is 12.1. The van der Waals surface area contributed by atoms with Crippen LogP contribution in [0.3, 0.4) is 0 Å². The first-order chi connectivity index (χ1) is 9.49. The molecule has 4 nitrogen and oxygen atoms in total. The van der Waals surface area contributed by atoms with Crippen molar-refractivity contribution in [1.82, 2.24) is 0 Å². The molecule has 1 aromatic carbocycles. The minimum Gasteiger partial charge on any atom is -0.488 e. The maximum atomic E-state index is 11.3. The summed E-state index contributed by atoms with van der Waals surface area (Å²) in [6, 6.07) is 7.67. The summed E-state index contributed by atoms with van der Waals surface area (Å²) in [5, 5.41) is 9.25. The average Bonchev–Trinajstić information content (AvgIpc) is 2.42. The van der Waals surface area contributed by atoms with E-state index in [9.17, 15) is 9.90 Å². The van der Waals surface area contributed by atoms with E-state index in [1.807, 2.05) is 24.3 Å². The van der Waals surface area contributed by atoms with Gasteiger partial charge in [-0.15, -0.1) is 0 Å². The molecule has 0 aromatic heterocycles. The van der Waals surface area contributed by atoms with Gasteiger partial charge >= 0.3 is 5.97 Å². The van der Waals surface area contributed by atoms with Gasteiger partial charge in [0.2, 0.25) is 0 Å². The first-order valence-electron chi connectivity index (χ1n) is 7.05. The van der Waals surface area contributed by atoms with Crippen LogP contribution in [0.1, 0.15) is 32.3 Å². The van der Waals surface area contributed by atoms with E-state index in [1.165, 1.54) is 0 Å². The van der Waals surface area contributed by atoms with Gasteiger partial charge in [0.05, 0.1) is 12.0 Å². The van der Waals surface area contributed by atoms with E-state index in [1.54, 1.807) is 13.8 Å². The van der Waals surface area contributed by atoms with Crippen LogP contribution >= 0.6 is 0 Å². The summed E-state index contributed by atoms with van der Waals surface area (Å²) in [6.45, 7) is 4.87. The first-order valence-corrected chi connectivity index (χ1v) is 7.05. The van der Waals surface area contributed by atoms with Crippen LogP contribution in [0.25, 0.3) is 0 Å². The quantitative estimate of drug-likeness (QED) is 0.899. The van der Waals surface area contributed by atoms with Crippen molar-refractivity contribution in [2.75, 3.05) is 13.2 Å².